The van der Waals surface area contributed by atoms with Gasteiger partial charge in [-0.25, -0.2) is 0 Å². The minimum atomic E-state index is 0.810. The van der Waals surface area contributed by atoms with E-state index in [0.29, 0.717) is 0 Å². The number of unbranched alkanes of at least 4 members (excludes halogenated alkanes) is 2. The Morgan fingerprint density at radius 3 is 1.17 bits per heavy atom. The number of nitrogens with two attached hydrogens (primary N) is 2. The quantitative estimate of drug-likeness (QED) is 0.141. The molecule has 0 bridgehead atoms. The first-order chi connectivity index (χ1) is 25.5. The minimum absolute atomic E-state index is 0.810. The molecule has 4 aromatic carbocycles. The monoisotopic (exact) mass is 682 g/mol. The summed E-state index contributed by atoms with van der Waals surface area (Å²) in [5.41, 5.74) is 23.5. The van der Waals surface area contributed by atoms with E-state index >= 15 is 0 Å². The molecular weight excluding hydrogens is 637 g/mol. The number of fused-ring (bicyclic) bond motifs is 6. The van der Waals surface area contributed by atoms with E-state index in [1.165, 1.54) is 80.4 Å². The maximum Gasteiger partial charge on any atom is 0.0492 e. The van der Waals surface area contributed by atoms with Gasteiger partial charge in [-0.2, -0.15) is 0 Å². The van der Waals surface area contributed by atoms with Gasteiger partial charge in [0.25, 0.3) is 0 Å². The number of rotatable bonds is 10. The lowest BCUT2D eigenvalue weighted by molar-refractivity contribution is 0.665. The average Bonchev–Trinajstić information content (AvgIpc) is 3.65. The van der Waals surface area contributed by atoms with Crippen LogP contribution in [0.15, 0.2) is 122 Å². The lowest BCUT2D eigenvalue weighted by atomic mass is 10.1. The molecule has 0 spiro atoms. The van der Waals surface area contributed by atoms with Gasteiger partial charge >= 0.3 is 0 Å². The van der Waals surface area contributed by atoms with E-state index in [2.05, 4.69) is 118 Å². The van der Waals surface area contributed by atoms with Crippen molar-refractivity contribution in [2.45, 2.75) is 52.6 Å². The van der Waals surface area contributed by atoms with Gasteiger partial charge in [0.05, 0.1) is 0 Å². The highest BCUT2D eigenvalue weighted by Crippen LogP contribution is 2.33. The molecule has 8 aromatic rings. The summed E-state index contributed by atoms with van der Waals surface area (Å²) in [6.45, 7) is 6.53. The molecule has 8 rings (SSSR count). The number of anilines is 2. The summed E-state index contributed by atoms with van der Waals surface area (Å²) >= 11 is 0. The topological polar surface area (TPSA) is 87.7 Å². The molecule has 0 aliphatic carbocycles. The van der Waals surface area contributed by atoms with Crippen molar-refractivity contribution >= 4 is 79.3 Å². The molecule has 4 aromatic heterocycles. The first-order valence-corrected chi connectivity index (χ1v) is 18.3. The lowest BCUT2D eigenvalue weighted by Crippen LogP contribution is -1.97. The van der Waals surface area contributed by atoms with Gasteiger partial charge in [-0.3, -0.25) is 9.97 Å². The smallest absolute Gasteiger partial charge is 0.0492 e. The third kappa shape index (κ3) is 7.47. The van der Waals surface area contributed by atoms with E-state index in [9.17, 15) is 0 Å². The van der Waals surface area contributed by atoms with Crippen LogP contribution in [0, 0.1) is 0 Å². The average molecular weight is 683 g/mol. The second kappa shape index (κ2) is 15.8. The third-order valence-corrected chi connectivity index (χ3v) is 9.65. The summed E-state index contributed by atoms with van der Waals surface area (Å²) in [4.78, 5) is 8.12. The van der Waals surface area contributed by atoms with E-state index in [1.807, 2.05) is 61.2 Å². The van der Waals surface area contributed by atoms with Gasteiger partial charge in [0.2, 0.25) is 0 Å². The standard InChI is InChI=1S/2C23H23N3/c2*1-2-3-14-26-22-8-6-18(5-4-17-10-12-25-13-11-17)15-20(22)21-16-19(24)7-9-23(21)26/h2*4-13,15-16H,2-3,14,24H2,1H3/b2*5-4+. The van der Waals surface area contributed by atoms with Crippen molar-refractivity contribution in [2.24, 2.45) is 0 Å². The zero-order chi connectivity index (χ0) is 35.9. The molecule has 0 amide bonds. The predicted octanol–water partition coefficient (Wildman–Crippen LogP) is 11.5. The fourth-order valence-electron chi connectivity index (χ4n) is 6.93. The van der Waals surface area contributed by atoms with Crippen LogP contribution in [0.4, 0.5) is 11.4 Å². The summed E-state index contributed by atoms with van der Waals surface area (Å²) in [5, 5.41) is 4.99. The van der Waals surface area contributed by atoms with Gasteiger partial charge in [-0.15, -0.1) is 0 Å². The summed E-state index contributed by atoms with van der Waals surface area (Å²) < 4.78 is 4.84. The van der Waals surface area contributed by atoms with Crippen molar-refractivity contribution < 1.29 is 0 Å². The summed E-state index contributed by atoms with van der Waals surface area (Å²) in [5.74, 6) is 0. The molecule has 0 atom stereocenters. The van der Waals surface area contributed by atoms with E-state index in [-0.39, 0.29) is 0 Å². The Bertz CT molecular complexity index is 2330. The van der Waals surface area contributed by atoms with Gasteiger partial charge < -0.3 is 20.6 Å². The first kappa shape index (κ1) is 34.3. The molecule has 6 heteroatoms. The van der Waals surface area contributed by atoms with Gasteiger partial charge in [0, 0.05) is 92.9 Å². The molecule has 6 nitrogen and oxygen atoms in total. The Morgan fingerprint density at radius 1 is 0.442 bits per heavy atom. The van der Waals surface area contributed by atoms with Crippen molar-refractivity contribution in [3.63, 3.8) is 0 Å². The predicted molar refractivity (Wildman–Crippen MR) is 224 cm³/mol. The van der Waals surface area contributed by atoms with Crippen molar-refractivity contribution in [1.29, 1.82) is 0 Å². The van der Waals surface area contributed by atoms with Gasteiger partial charge in [0.15, 0.2) is 0 Å². The van der Waals surface area contributed by atoms with Crippen LogP contribution in [-0.4, -0.2) is 19.1 Å². The maximum absolute atomic E-state index is 6.07. The number of pyridine rings is 2. The fraction of sp³-hybridized carbons (Fsp3) is 0.174. The Kier molecular flexibility index (Phi) is 10.4. The van der Waals surface area contributed by atoms with Gasteiger partial charge in [-0.05, 0) is 120 Å². The van der Waals surface area contributed by atoms with E-state index in [1.54, 1.807) is 0 Å². The van der Waals surface area contributed by atoms with E-state index in [0.717, 1.165) is 35.6 Å². The number of hydrogen-bond donors (Lipinski definition) is 2. The zero-order valence-corrected chi connectivity index (χ0v) is 30.0. The number of hydrogen-bond acceptors (Lipinski definition) is 4. The summed E-state index contributed by atoms with van der Waals surface area (Å²) in [6.07, 6.45) is 20.5. The Balaban J connectivity index is 0.000000162. The molecular formula is C46H46N6. The normalized spacial score (nSPS) is 11.7. The Hall–Kier alpha value is -6.14. The first-order valence-electron chi connectivity index (χ1n) is 18.3. The highest BCUT2D eigenvalue weighted by Gasteiger charge is 2.12. The second-order valence-corrected chi connectivity index (χ2v) is 13.3. The largest absolute Gasteiger partial charge is 0.399 e. The van der Waals surface area contributed by atoms with Gasteiger partial charge in [-0.1, -0.05) is 63.1 Å². The molecule has 0 saturated carbocycles. The number of aryl methyl sites for hydroxylation is 2. The van der Waals surface area contributed by atoms with E-state index in [4.69, 9.17) is 11.5 Å². The highest BCUT2D eigenvalue weighted by molar-refractivity contribution is 6.10. The molecule has 0 aliphatic rings. The molecule has 52 heavy (non-hydrogen) atoms. The Morgan fingerprint density at radius 2 is 0.788 bits per heavy atom. The second-order valence-electron chi connectivity index (χ2n) is 13.3. The number of benzene rings is 4. The summed E-state index contributed by atoms with van der Waals surface area (Å²) in [6, 6.07) is 33.8. The SMILES string of the molecule is CCCCn1c2ccc(N)cc2c2cc(/C=C/c3ccncc3)ccc21.CCCCn1c2ccc(N)cc2c2cc(/C=C/c3ccncc3)ccc21. The van der Waals surface area contributed by atoms with Crippen LogP contribution in [0.25, 0.3) is 67.9 Å². The van der Waals surface area contributed by atoms with Crippen LogP contribution < -0.4 is 11.5 Å². The van der Waals surface area contributed by atoms with Crippen LogP contribution in [-0.2, 0) is 13.1 Å². The summed E-state index contributed by atoms with van der Waals surface area (Å²) in [7, 11) is 0. The maximum atomic E-state index is 6.07. The number of nitrogens with zero attached hydrogens (tertiary/aromatic N) is 4. The fourth-order valence-corrected chi connectivity index (χ4v) is 6.93. The molecule has 0 fully saturated rings. The molecule has 0 saturated heterocycles. The van der Waals surface area contributed by atoms with Crippen LogP contribution in [0.3, 0.4) is 0 Å². The molecule has 4 heterocycles. The van der Waals surface area contributed by atoms with E-state index < -0.39 is 0 Å². The van der Waals surface area contributed by atoms with Crippen LogP contribution in [0.1, 0.15) is 61.8 Å². The van der Waals surface area contributed by atoms with Crippen LogP contribution >= 0.6 is 0 Å². The highest BCUT2D eigenvalue weighted by atomic mass is 15.0. The van der Waals surface area contributed by atoms with Crippen molar-refractivity contribution in [3.8, 4) is 0 Å². The molecule has 0 radical (unpaired) electrons. The van der Waals surface area contributed by atoms with Crippen LogP contribution in [0.2, 0.25) is 0 Å². The number of nitrogen functional groups attached to an aromatic ring is 2. The van der Waals surface area contributed by atoms with Crippen LogP contribution in [0.5, 0.6) is 0 Å². The minimum Gasteiger partial charge on any atom is -0.399 e. The lowest BCUT2D eigenvalue weighted by Gasteiger charge is -2.06. The van der Waals surface area contributed by atoms with Crippen molar-refractivity contribution in [2.75, 3.05) is 11.5 Å². The number of aromatic nitrogens is 4. The zero-order valence-electron chi connectivity index (χ0n) is 30.0. The van der Waals surface area contributed by atoms with Crippen molar-refractivity contribution in [1.82, 2.24) is 19.1 Å². The Labute approximate surface area is 305 Å². The molecule has 260 valence electrons. The molecule has 4 N–H and O–H groups in total. The molecule has 0 aliphatic heterocycles. The van der Waals surface area contributed by atoms with Crippen molar-refractivity contribution in [3.05, 3.63) is 144 Å². The van der Waals surface area contributed by atoms with Gasteiger partial charge in [0.1, 0.15) is 0 Å². The third-order valence-electron chi connectivity index (χ3n) is 9.65. The molecule has 0 unspecified atom stereocenters.